The van der Waals surface area contributed by atoms with Crippen molar-refractivity contribution in [3.63, 3.8) is 0 Å². The van der Waals surface area contributed by atoms with Crippen molar-refractivity contribution in [3.05, 3.63) is 40.2 Å². The van der Waals surface area contributed by atoms with E-state index < -0.39 is 0 Å². The molecule has 2 amide bonds. The molecule has 25 heavy (non-hydrogen) atoms. The molecule has 0 aromatic carbocycles. The lowest BCUT2D eigenvalue weighted by Gasteiger charge is -2.30. The Morgan fingerprint density at radius 3 is 2.76 bits per heavy atom. The molecule has 2 fully saturated rings. The fourth-order valence-electron chi connectivity index (χ4n) is 3.14. The second kappa shape index (κ2) is 7.00. The number of furan rings is 1. The number of carbonyl (C=O) groups is 2. The van der Waals surface area contributed by atoms with E-state index >= 15 is 0 Å². The molecule has 3 heterocycles. The molecular weight excluding hydrogens is 338 g/mol. The number of thiazole rings is 1. The minimum Gasteiger partial charge on any atom is -0.459 e. The van der Waals surface area contributed by atoms with Gasteiger partial charge in [0.15, 0.2) is 5.76 Å². The van der Waals surface area contributed by atoms with E-state index in [0.717, 1.165) is 49.5 Å². The van der Waals surface area contributed by atoms with Crippen molar-refractivity contribution in [1.29, 1.82) is 0 Å². The largest absolute Gasteiger partial charge is 0.459 e. The van der Waals surface area contributed by atoms with Crippen LogP contribution in [0.25, 0.3) is 0 Å². The Morgan fingerprint density at radius 1 is 1.28 bits per heavy atom. The second-order valence-corrected chi connectivity index (χ2v) is 7.60. The van der Waals surface area contributed by atoms with E-state index in [1.807, 2.05) is 10.3 Å². The van der Waals surface area contributed by atoms with Gasteiger partial charge in [-0.25, -0.2) is 4.98 Å². The highest BCUT2D eigenvalue weighted by Gasteiger charge is 2.30. The Bertz CT molecular complexity index is 743. The molecule has 2 aromatic heterocycles. The van der Waals surface area contributed by atoms with E-state index in [1.54, 1.807) is 23.5 Å². The Hall–Kier alpha value is -2.15. The summed E-state index contributed by atoms with van der Waals surface area (Å²) in [6, 6.07) is 3.44. The molecule has 0 bridgehead atoms. The molecule has 1 aliphatic heterocycles. The van der Waals surface area contributed by atoms with Crippen LogP contribution in [0, 0.1) is 5.92 Å². The SMILES string of the molecule is O=C(NCc1csc(C2CCN(C(=O)c3ccco3)CC2)n1)C1CC1. The average Bonchev–Trinajstić information content (AvgIpc) is 3.16. The molecule has 6 nitrogen and oxygen atoms in total. The molecule has 0 radical (unpaired) electrons. The summed E-state index contributed by atoms with van der Waals surface area (Å²) in [5.74, 6) is 1.14. The molecule has 0 atom stereocenters. The van der Waals surface area contributed by atoms with Crippen LogP contribution < -0.4 is 5.32 Å². The van der Waals surface area contributed by atoms with Crippen LogP contribution in [0.2, 0.25) is 0 Å². The van der Waals surface area contributed by atoms with Crippen LogP contribution >= 0.6 is 11.3 Å². The lowest BCUT2D eigenvalue weighted by molar-refractivity contribution is -0.122. The van der Waals surface area contributed by atoms with Crippen LogP contribution in [0.3, 0.4) is 0 Å². The number of carbonyl (C=O) groups excluding carboxylic acids is 2. The first-order valence-electron chi connectivity index (χ1n) is 8.75. The summed E-state index contributed by atoms with van der Waals surface area (Å²) in [7, 11) is 0. The molecule has 1 aliphatic carbocycles. The maximum atomic E-state index is 12.3. The fraction of sp³-hybridized carbons (Fsp3) is 0.500. The summed E-state index contributed by atoms with van der Waals surface area (Å²) in [5, 5.41) is 6.10. The summed E-state index contributed by atoms with van der Waals surface area (Å²) in [6.07, 6.45) is 5.38. The van der Waals surface area contributed by atoms with Crippen LogP contribution in [0.5, 0.6) is 0 Å². The number of rotatable bonds is 5. The number of hydrogen-bond donors (Lipinski definition) is 1. The topological polar surface area (TPSA) is 75.4 Å². The smallest absolute Gasteiger partial charge is 0.289 e. The average molecular weight is 359 g/mol. The van der Waals surface area contributed by atoms with Crippen LogP contribution in [0.4, 0.5) is 0 Å². The minimum atomic E-state index is -0.0360. The van der Waals surface area contributed by atoms with Crippen LogP contribution in [-0.2, 0) is 11.3 Å². The highest BCUT2D eigenvalue weighted by Crippen LogP contribution is 2.31. The van der Waals surface area contributed by atoms with Crippen LogP contribution in [0.15, 0.2) is 28.2 Å². The van der Waals surface area contributed by atoms with Crippen molar-refractivity contribution in [3.8, 4) is 0 Å². The summed E-state index contributed by atoms with van der Waals surface area (Å²) in [4.78, 5) is 30.5. The quantitative estimate of drug-likeness (QED) is 0.891. The molecular formula is C18H21N3O3S. The first kappa shape index (κ1) is 16.3. The number of nitrogens with zero attached hydrogens (tertiary/aromatic N) is 2. The van der Waals surface area contributed by atoms with Gasteiger partial charge < -0.3 is 14.6 Å². The summed E-state index contributed by atoms with van der Waals surface area (Å²) < 4.78 is 5.19. The highest BCUT2D eigenvalue weighted by atomic mass is 32.1. The van der Waals surface area contributed by atoms with E-state index in [2.05, 4.69) is 10.3 Å². The third kappa shape index (κ3) is 3.76. The number of aromatic nitrogens is 1. The van der Waals surface area contributed by atoms with Gasteiger partial charge in [-0.15, -0.1) is 11.3 Å². The molecule has 1 saturated carbocycles. The number of piperidine rings is 1. The van der Waals surface area contributed by atoms with Gasteiger partial charge in [0, 0.05) is 30.3 Å². The lowest BCUT2D eigenvalue weighted by Crippen LogP contribution is -2.37. The molecule has 1 N–H and O–H groups in total. The lowest BCUT2D eigenvalue weighted by atomic mass is 9.97. The predicted octanol–water partition coefficient (Wildman–Crippen LogP) is 2.78. The number of amides is 2. The minimum absolute atomic E-state index is 0.0360. The summed E-state index contributed by atoms with van der Waals surface area (Å²) >= 11 is 1.65. The van der Waals surface area contributed by atoms with Gasteiger partial charge in [-0.05, 0) is 37.8 Å². The van der Waals surface area contributed by atoms with E-state index in [9.17, 15) is 9.59 Å². The molecule has 2 aliphatic rings. The maximum Gasteiger partial charge on any atom is 0.289 e. The van der Waals surface area contributed by atoms with Crippen molar-refractivity contribution in [1.82, 2.24) is 15.2 Å². The Balaban J connectivity index is 1.29. The zero-order valence-corrected chi connectivity index (χ0v) is 14.8. The third-order valence-electron chi connectivity index (χ3n) is 4.82. The molecule has 0 unspecified atom stereocenters. The normalized spacial score (nSPS) is 18.3. The van der Waals surface area contributed by atoms with E-state index in [-0.39, 0.29) is 17.7 Å². The molecule has 2 aromatic rings. The zero-order valence-electron chi connectivity index (χ0n) is 13.9. The van der Waals surface area contributed by atoms with Gasteiger partial charge in [-0.2, -0.15) is 0 Å². The van der Waals surface area contributed by atoms with Gasteiger partial charge in [0.25, 0.3) is 5.91 Å². The fourth-order valence-corrected chi connectivity index (χ4v) is 4.14. The van der Waals surface area contributed by atoms with Gasteiger partial charge in [0.1, 0.15) is 0 Å². The van der Waals surface area contributed by atoms with Crippen molar-refractivity contribution in [2.45, 2.75) is 38.1 Å². The van der Waals surface area contributed by atoms with E-state index in [4.69, 9.17) is 4.42 Å². The Labute approximate surface area is 150 Å². The van der Waals surface area contributed by atoms with Gasteiger partial charge in [0.05, 0.1) is 23.5 Å². The van der Waals surface area contributed by atoms with Crippen molar-refractivity contribution in [2.75, 3.05) is 13.1 Å². The highest BCUT2D eigenvalue weighted by molar-refractivity contribution is 7.09. The van der Waals surface area contributed by atoms with Crippen molar-refractivity contribution < 1.29 is 14.0 Å². The first-order chi connectivity index (χ1) is 12.2. The molecule has 7 heteroatoms. The number of hydrogen-bond acceptors (Lipinski definition) is 5. The van der Waals surface area contributed by atoms with Gasteiger partial charge >= 0.3 is 0 Å². The van der Waals surface area contributed by atoms with Crippen LogP contribution in [-0.4, -0.2) is 34.8 Å². The van der Waals surface area contributed by atoms with Gasteiger partial charge in [-0.1, -0.05) is 0 Å². The first-order valence-corrected chi connectivity index (χ1v) is 9.63. The predicted molar refractivity (Wildman–Crippen MR) is 93.3 cm³/mol. The molecule has 132 valence electrons. The summed E-state index contributed by atoms with van der Waals surface area (Å²) in [5.41, 5.74) is 0.933. The standard InChI is InChI=1S/C18H21N3O3S/c22-16(12-3-4-12)19-10-14-11-25-17(20-14)13-5-7-21(8-6-13)18(23)15-2-1-9-24-15/h1-2,9,11-13H,3-8,10H2,(H,19,22). The summed E-state index contributed by atoms with van der Waals surface area (Å²) in [6.45, 7) is 1.96. The van der Waals surface area contributed by atoms with Crippen molar-refractivity contribution >= 4 is 23.2 Å². The molecule has 1 saturated heterocycles. The van der Waals surface area contributed by atoms with E-state index in [1.165, 1.54) is 6.26 Å². The van der Waals surface area contributed by atoms with Crippen LogP contribution in [0.1, 0.15) is 52.9 Å². The Morgan fingerprint density at radius 2 is 2.08 bits per heavy atom. The second-order valence-electron chi connectivity index (χ2n) is 6.71. The maximum absolute atomic E-state index is 12.3. The molecule has 0 spiro atoms. The zero-order chi connectivity index (χ0) is 17.2. The third-order valence-corrected chi connectivity index (χ3v) is 5.88. The van der Waals surface area contributed by atoms with Crippen molar-refractivity contribution in [2.24, 2.45) is 5.92 Å². The van der Waals surface area contributed by atoms with Gasteiger partial charge in [-0.3, -0.25) is 9.59 Å². The van der Waals surface area contributed by atoms with E-state index in [0.29, 0.717) is 18.2 Å². The van der Waals surface area contributed by atoms with Gasteiger partial charge in [0.2, 0.25) is 5.91 Å². The monoisotopic (exact) mass is 359 g/mol. The Kier molecular flexibility index (Phi) is 4.57. The number of nitrogens with one attached hydrogen (secondary N) is 1. The molecule has 4 rings (SSSR count). The number of likely N-dealkylation sites (tertiary alicyclic amines) is 1.